The molecule has 2 fully saturated rings. The highest BCUT2D eigenvalue weighted by Crippen LogP contribution is 2.41. The number of carbonyl (C=O) groups is 1. The topological polar surface area (TPSA) is 65.2 Å². The number of esters is 1. The number of rotatable bonds is 3. The lowest BCUT2D eigenvalue weighted by molar-refractivity contribution is -0.000943. The van der Waals surface area contributed by atoms with Crippen molar-refractivity contribution >= 4 is 17.1 Å². The van der Waals surface area contributed by atoms with Gasteiger partial charge in [0.2, 0.25) is 0 Å². The quantitative estimate of drug-likeness (QED) is 0.786. The van der Waals surface area contributed by atoms with Crippen LogP contribution in [-0.2, 0) is 11.2 Å². The van der Waals surface area contributed by atoms with Gasteiger partial charge in [0.05, 0.1) is 16.6 Å². The minimum Gasteiger partial charge on any atom is -0.459 e. The predicted molar refractivity (Wildman–Crippen MR) is 89.7 cm³/mol. The van der Waals surface area contributed by atoms with Gasteiger partial charge in [-0.25, -0.2) is 9.78 Å². The number of carbonyl (C=O) groups excluding carboxylic acids is 1. The predicted octanol–water partition coefficient (Wildman–Crippen LogP) is 4.30. The Hall–Kier alpha value is -1.91. The van der Waals surface area contributed by atoms with E-state index in [-0.39, 0.29) is 12.1 Å². The molecule has 0 bridgehead atoms. The fourth-order valence-corrected chi connectivity index (χ4v) is 4.40. The summed E-state index contributed by atoms with van der Waals surface area (Å²) in [6.45, 7) is 2.00. The maximum absolute atomic E-state index is 12.5. The zero-order valence-corrected chi connectivity index (χ0v) is 14.2. The normalized spacial score (nSPS) is 27.0. The fraction of sp³-hybridized carbons (Fsp3) is 0.632. The molecule has 3 atom stereocenters. The second-order valence-electron chi connectivity index (χ2n) is 7.20. The number of aromatic nitrogens is 2. The fourth-order valence-electron chi connectivity index (χ4n) is 4.40. The lowest BCUT2D eigenvalue weighted by Gasteiger charge is -2.38. The van der Waals surface area contributed by atoms with Gasteiger partial charge in [0.15, 0.2) is 0 Å². The zero-order valence-electron chi connectivity index (χ0n) is 14.2. The summed E-state index contributed by atoms with van der Waals surface area (Å²) in [6, 6.07) is 1.80. The second-order valence-corrected chi connectivity index (χ2v) is 7.20. The van der Waals surface area contributed by atoms with Gasteiger partial charge in [0.25, 0.3) is 5.71 Å². The molecule has 0 spiro atoms. The molecule has 5 nitrogen and oxygen atoms in total. The van der Waals surface area contributed by atoms with Crippen LogP contribution in [-0.4, -0.2) is 22.2 Å². The van der Waals surface area contributed by atoms with Gasteiger partial charge in [0.1, 0.15) is 6.10 Å². The Morgan fingerprint density at radius 3 is 2.92 bits per heavy atom. The highest BCUT2D eigenvalue weighted by Gasteiger charge is 2.33. The standard InChI is InChI=1S/C19H24N2O3/c1-2-17-16-10-14(11-20-18(16)24-21-17)19(22)23-15-8-7-12-5-3-4-6-13(12)9-15/h10-13,15H,2-9H2,1H3. The number of hydrogen-bond acceptors (Lipinski definition) is 5. The van der Waals surface area contributed by atoms with E-state index in [0.717, 1.165) is 42.2 Å². The summed E-state index contributed by atoms with van der Waals surface area (Å²) in [5.74, 6) is 1.33. The maximum atomic E-state index is 12.5. The summed E-state index contributed by atoms with van der Waals surface area (Å²) >= 11 is 0. The van der Waals surface area contributed by atoms with Crippen LogP contribution in [0.5, 0.6) is 0 Å². The molecule has 24 heavy (non-hydrogen) atoms. The van der Waals surface area contributed by atoms with E-state index in [0.29, 0.717) is 11.3 Å². The van der Waals surface area contributed by atoms with Gasteiger partial charge < -0.3 is 9.26 Å². The highest BCUT2D eigenvalue weighted by molar-refractivity contribution is 5.93. The van der Waals surface area contributed by atoms with Crippen molar-refractivity contribution in [2.24, 2.45) is 11.8 Å². The van der Waals surface area contributed by atoms with E-state index in [4.69, 9.17) is 9.26 Å². The number of ether oxygens (including phenoxy) is 1. The van der Waals surface area contributed by atoms with Crippen LogP contribution < -0.4 is 0 Å². The van der Waals surface area contributed by atoms with Crippen LogP contribution in [0.4, 0.5) is 0 Å². The first-order valence-corrected chi connectivity index (χ1v) is 9.20. The van der Waals surface area contributed by atoms with Crippen molar-refractivity contribution in [3.8, 4) is 0 Å². The third-order valence-electron chi connectivity index (χ3n) is 5.74. The van der Waals surface area contributed by atoms with E-state index in [1.165, 1.54) is 38.3 Å². The molecule has 2 heterocycles. The Bertz CT molecular complexity index is 739. The molecule has 0 aromatic carbocycles. The van der Waals surface area contributed by atoms with Crippen molar-refractivity contribution < 1.29 is 14.1 Å². The first kappa shape index (κ1) is 15.6. The molecule has 0 radical (unpaired) electrons. The molecule has 2 aliphatic carbocycles. The third-order valence-corrected chi connectivity index (χ3v) is 5.74. The molecular formula is C19H24N2O3. The van der Waals surface area contributed by atoms with Gasteiger partial charge in [-0.3, -0.25) is 0 Å². The van der Waals surface area contributed by atoms with Crippen molar-refractivity contribution in [2.45, 2.75) is 64.4 Å². The van der Waals surface area contributed by atoms with E-state index in [2.05, 4.69) is 10.1 Å². The summed E-state index contributed by atoms with van der Waals surface area (Å²) in [5.41, 5.74) is 1.80. The Morgan fingerprint density at radius 1 is 1.25 bits per heavy atom. The first-order valence-electron chi connectivity index (χ1n) is 9.20. The molecular weight excluding hydrogens is 304 g/mol. The number of pyridine rings is 1. The summed E-state index contributed by atoms with van der Waals surface area (Å²) in [4.78, 5) is 16.7. The lowest BCUT2D eigenvalue weighted by atomic mass is 9.70. The van der Waals surface area contributed by atoms with Gasteiger partial charge in [-0.2, -0.15) is 0 Å². The summed E-state index contributed by atoms with van der Waals surface area (Å²) < 4.78 is 11.0. The number of fused-ring (bicyclic) bond motifs is 2. The smallest absolute Gasteiger partial charge is 0.340 e. The van der Waals surface area contributed by atoms with Crippen LogP contribution in [0.15, 0.2) is 16.8 Å². The summed E-state index contributed by atoms with van der Waals surface area (Å²) in [7, 11) is 0. The van der Waals surface area contributed by atoms with E-state index in [1.807, 2.05) is 6.92 Å². The molecule has 0 saturated heterocycles. The molecule has 128 valence electrons. The van der Waals surface area contributed by atoms with E-state index >= 15 is 0 Å². The molecule has 2 aliphatic rings. The van der Waals surface area contributed by atoms with Crippen molar-refractivity contribution in [1.82, 2.24) is 10.1 Å². The van der Waals surface area contributed by atoms with Crippen molar-refractivity contribution in [3.05, 3.63) is 23.5 Å². The molecule has 5 heteroatoms. The summed E-state index contributed by atoms with van der Waals surface area (Å²) in [5, 5.41) is 4.79. The Morgan fingerprint density at radius 2 is 2.08 bits per heavy atom. The minimum atomic E-state index is -0.271. The van der Waals surface area contributed by atoms with E-state index in [9.17, 15) is 4.79 Å². The van der Waals surface area contributed by atoms with Crippen LogP contribution in [0.1, 0.15) is 67.9 Å². The molecule has 4 rings (SSSR count). The van der Waals surface area contributed by atoms with Crippen LogP contribution in [0.2, 0.25) is 0 Å². The minimum absolute atomic E-state index is 0.0562. The second kappa shape index (κ2) is 6.54. The van der Waals surface area contributed by atoms with Crippen molar-refractivity contribution in [3.63, 3.8) is 0 Å². The average molecular weight is 328 g/mol. The Kier molecular flexibility index (Phi) is 4.25. The van der Waals surface area contributed by atoms with Gasteiger partial charge in [-0.05, 0) is 43.6 Å². The number of nitrogens with zero attached hydrogens (tertiary/aromatic N) is 2. The van der Waals surface area contributed by atoms with Crippen LogP contribution in [0.25, 0.3) is 11.1 Å². The Labute approximate surface area is 141 Å². The molecule has 3 unspecified atom stereocenters. The first-order chi connectivity index (χ1) is 11.7. The molecule has 0 amide bonds. The largest absolute Gasteiger partial charge is 0.459 e. The molecule has 0 N–H and O–H groups in total. The maximum Gasteiger partial charge on any atom is 0.340 e. The molecule has 2 aromatic heterocycles. The SMILES string of the molecule is CCc1noc2ncc(C(=O)OC3CCC4CCCCC4C3)cc12. The summed E-state index contributed by atoms with van der Waals surface area (Å²) in [6.07, 6.45) is 10.9. The van der Waals surface area contributed by atoms with Gasteiger partial charge >= 0.3 is 5.97 Å². The monoisotopic (exact) mass is 328 g/mol. The van der Waals surface area contributed by atoms with Crippen molar-refractivity contribution in [2.75, 3.05) is 0 Å². The number of hydrogen-bond donors (Lipinski definition) is 0. The van der Waals surface area contributed by atoms with E-state index < -0.39 is 0 Å². The third kappa shape index (κ3) is 2.92. The number of aryl methyl sites for hydroxylation is 1. The Balaban J connectivity index is 1.46. The van der Waals surface area contributed by atoms with Crippen molar-refractivity contribution in [1.29, 1.82) is 0 Å². The van der Waals surface area contributed by atoms with Crippen LogP contribution in [0.3, 0.4) is 0 Å². The molecule has 0 aliphatic heterocycles. The van der Waals surface area contributed by atoms with Gasteiger partial charge in [-0.1, -0.05) is 37.8 Å². The van der Waals surface area contributed by atoms with E-state index in [1.54, 1.807) is 6.07 Å². The molecule has 2 saturated carbocycles. The van der Waals surface area contributed by atoms with Gasteiger partial charge in [0, 0.05) is 6.20 Å². The van der Waals surface area contributed by atoms with Gasteiger partial charge in [-0.15, -0.1) is 0 Å². The zero-order chi connectivity index (χ0) is 16.5. The highest BCUT2D eigenvalue weighted by atomic mass is 16.5. The molecule has 2 aromatic rings. The lowest BCUT2D eigenvalue weighted by Crippen LogP contribution is -2.33. The van der Waals surface area contributed by atoms with Crippen LogP contribution >= 0.6 is 0 Å². The average Bonchev–Trinajstić information content (AvgIpc) is 3.04. The van der Waals surface area contributed by atoms with Crippen LogP contribution in [0, 0.1) is 11.8 Å².